The molecule has 0 fully saturated rings. The van der Waals surface area contributed by atoms with E-state index in [4.69, 9.17) is 40.2 Å². The summed E-state index contributed by atoms with van der Waals surface area (Å²) in [6.07, 6.45) is 0.722. The average molecular weight is 516 g/mol. The highest BCUT2D eigenvalue weighted by Crippen LogP contribution is 2.27. The third-order valence-corrected chi connectivity index (χ3v) is 5.37. The first kappa shape index (κ1) is 25.5. The van der Waals surface area contributed by atoms with Gasteiger partial charge in [0.25, 0.3) is 5.91 Å². The molecule has 0 radical (unpaired) electrons. The second kappa shape index (κ2) is 12.4. The number of amides is 2. The van der Waals surface area contributed by atoms with Crippen LogP contribution in [0.2, 0.25) is 10.0 Å². The molecule has 0 unspecified atom stereocenters. The molecule has 9 heteroatoms. The van der Waals surface area contributed by atoms with Gasteiger partial charge < -0.3 is 20.7 Å². The maximum Gasteiger partial charge on any atom is 0.255 e. The standard InChI is InChI=1S/C25H23Cl2N3O3S/c1-16-4-2-5-17(14-16)24(32)28-19-8-10-20(11-9-19)29-25(34)30-23(31)6-3-13-33-22-12-7-18(26)15-21(22)27/h2,4-5,7-12,14-15H,3,6,13H2,1H3,(H,28,32)(H2,29,30,31,34). The Morgan fingerprint density at radius 2 is 1.65 bits per heavy atom. The zero-order chi connectivity index (χ0) is 24.5. The predicted molar refractivity (Wildman–Crippen MR) is 141 cm³/mol. The minimum atomic E-state index is -0.231. The van der Waals surface area contributed by atoms with Crippen LogP contribution < -0.4 is 20.7 Å². The highest BCUT2D eigenvalue weighted by Gasteiger charge is 2.08. The van der Waals surface area contributed by atoms with Crippen LogP contribution in [0.5, 0.6) is 5.75 Å². The predicted octanol–water partition coefficient (Wildman–Crippen LogP) is 6.23. The van der Waals surface area contributed by atoms with Crippen LogP contribution >= 0.6 is 35.4 Å². The van der Waals surface area contributed by atoms with Crippen molar-refractivity contribution < 1.29 is 14.3 Å². The summed E-state index contributed by atoms with van der Waals surface area (Å²) < 4.78 is 5.57. The summed E-state index contributed by atoms with van der Waals surface area (Å²) in [5.41, 5.74) is 2.93. The number of nitrogens with one attached hydrogen (secondary N) is 3. The second-order valence-corrected chi connectivity index (χ2v) is 8.68. The molecule has 2 amide bonds. The van der Waals surface area contributed by atoms with Crippen LogP contribution in [-0.4, -0.2) is 23.5 Å². The van der Waals surface area contributed by atoms with E-state index >= 15 is 0 Å². The minimum absolute atomic E-state index is 0.184. The molecule has 34 heavy (non-hydrogen) atoms. The maximum atomic E-state index is 12.4. The number of aryl methyl sites for hydroxylation is 1. The van der Waals surface area contributed by atoms with Crippen molar-refractivity contribution in [3.63, 3.8) is 0 Å². The fourth-order valence-corrected chi connectivity index (χ4v) is 3.68. The summed E-state index contributed by atoms with van der Waals surface area (Å²) in [5.74, 6) is 0.0991. The molecule has 0 heterocycles. The summed E-state index contributed by atoms with van der Waals surface area (Å²) in [7, 11) is 0. The fraction of sp³-hybridized carbons (Fsp3) is 0.160. The first-order valence-electron chi connectivity index (χ1n) is 10.5. The summed E-state index contributed by atoms with van der Waals surface area (Å²) >= 11 is 17.1. The minimum Gasteiger partial charge on any atom is -0.492 e. The van der Waals surface area contributed by atoms with Gasteiger partial charge in [-0.15, -0.1) is 0 Å². The van der Waals surface area contributed by atoms with Crippen LogP contribution in [0.25, 0.3) is 0 Å². The van der Waals surface area contributed by atoms with E-state index in [-0.39, 0.29) is 23.3 Å². The number of rotatable bonds is 8. The molecule has 0 bridgehead atoms. The Morgan fingerprint density at radius 3 is 2.32 bits per heavy atom. The van der Waals surface area contributed by atoms with Gasteiger partial charge in [0, 0.05) is 28.4 Å². The monoisotopic (exact) mass is 515 g/mol. The number of carbonyl (C=O) groups is 2. The number of thiocarbonyl (C=S) groups is 1. The first-order chi connectivity index (χ1) is 16.3. The molecule has 6 nitrogen and oxygen atoms in total. The second-order valence-electron chi connectivity index (χ2n) is 7.43. The van der Waals surface area contributed by atoms with E-state index in [0.29, 0.717) is 45.8 Å². The number of ether oxygens (including phenoxy) is 1. The summed E-state index contributed by atoms with van der Waals surface area (Å²) in [6, 6.07) is 19.3. The van der Waals surface area contributed by atoms with Crippen LogP contribution in [0.15, 0.2) is 66.7 Å². The summed E-state index contributed by atoms with van der Waals surface area (Å²) in [5, 5.41) is 9.56. The van der Waals surface area contributed by atoms with E-state index < -0.39 is 0 Å². The lowest BCUT2D eigenvalue weighted by Crippen LogP contribution is -2.34. The van der Waals surface area contributed by atoms with E-state index in [9.17, 15) is 9.59 Å². The number of hydrogen-bond donors (Lipinski definition) is 3. The van der Waals surface area contributed by atoms with Gasteiger partial charge in [-0.3, -0.25) is 9.59 Å². The van der Waals surface area contributed by atoms with Gasteiger partial charge >= 0.3 is 0 Å². The largest absolute Gasteiger partial charge is 0.492 e. The first-order valence-corrected chi connectivity index (χ1v) is 11.6. The average Bonchev–Trinajstić information content (AvgIpc) is 2.79. The molecular formula is C25H23Cl2N3O3S. The molecular weight excluding hydrogens is 493 g/mol. The van der Waals surface area contributed by atoms with Crippen molar-refractivity contribution >= 4 is 63.7 Å². The molecule has 0 saturated heterocycles. The molecule has 0 atom stereocenters. The SMILES string of the molecule is Cc1cccc(C(=O)Nc2ccc(NC(=S)NC(=O)CCCOc3ccc(Cl)cc3Cl)cc2)c1. The van der Waals surface area contributed by atoms with Crippen LogP contribution in [0.1, 0.15) is 28.8 Å². The molecule has 3 aromatic rings. The Balaban J connectivity index is 1.39. The van der Waals surface area contributed by atoms with Gasteiger partial charge in [-0.1, -0.05) is 40.9 Å². The Bertz CT molecular complexity index is 1190. The third-order valence-electron chi connectivity index (χ3n) is 4.63. The zero-order valence-electron chi connectivity index (χ0n) is 18.4. The summed E-state index contributed by atoms with van der Waals surface area (Å²) in [4.78, 5) is 24.5. The van der Waals surface area contributed by atoms with Gasteiger partial charge in [-0.2, -0.15) is 0 Å². The van der Waals surface area contributed by atoms with Crippen LogP contribution in [0, 0.1) is 6.92 Å². The molecule has 0 aliphatic carbocycles. The summed E-state index contributed by atoms with van der Waals surface area (Å²) in [6.45, 7) is 2.26. The quantitative estimate of drug-likeness (QED) is 0.245. The van der Waals surface area contributed by atoms with Crippen LogP contribution in [0.3, 0.4) is 0 Å². The van der Waals surface area contributed by atoms with Crippen LogP contribution in [-0.2, 0) is 4.79 Å². The molecule has 0 aromatic heterocycles. The Morgan fingerprint density at radius 1 is 0.941 bits per heavy atom. The topological polar surface area (TPSA) is 79.5 Å². The zero-order valence-corrected chi connectivity index (χ0v) is 20.7. The van der Waals surface area contributed by atoms with Gasteiger partial charge in [0.15, 0.2) is 5.11 Å². The van der Waals surface area contributed by atoms with E-state index in [2.05, 4.69) is 16.0 Å². The number of anilines is 2. The van der Waals surface area contributed by atoms with Crippen molar-refractivity contribution in [2.75, 3.05) is 17.2 Å². The normalized spacial score (nSPS) is 10.3. The van der Waals surface area contributed by atoms with Crippen molar-refractivity contribution in [1.82, 2.24) is 5.32 Å². The Kier molecular flexibility index (Phi) is 9.27. The number of hydrogen-bond acceptors (Lipinski definition) is 4. The van der Waals surface area contributed by atoms with Crippen molar-refractivity contribution in [3.8, 4) is 5.75 Å². The highest BCUT2D eigenvalue weighted by molar-refractivity contribution is 7.80. The van der Waals surface area contributed by atoms with E-state index in [1.807, 2.05) is 25.1 Å². The third kappa shape index (κ3) is 8.02. The van der Waals surface area contributed by atoms with E-state index in [1.54, 1.807) is 48.5 Å². The van der Waals surface area contributed by atoms with E-state index in [1.165, 1.54) is 0 Å². The smallest absolute Gasteiger partial charge is 0.255 e. The molecule has 3 rings (SSSR count). The molecule has 3 aromatic carbocycles. The lowest BCUT2D eigenvalue weighted by Gasteiger charge is -2.11. The van der Waals surface area contributed by atoms with Gasteiger partial charge in [0.2, 0.25) is 5.91 Å². The van der Waals surface area contributed by atoms with Crippen molar-refractivity contribution in [2.45, 2.75) is 19.8 Å². The van der Waals surface area contributed by atoms with Gasteiger partial charge in [-0.25, -0.2) is 0 Å². The fourth-order valence-electron chi connectivity index (χ4n) is 2.99. The van der Waals surface area contributed by atoms with Gasteiger partial charge in [-0.05, 0) is 80.2 Å². The van der Waals surface area contributed by atoms with Crippen molar-refractivity contribution in [3.05, 3.63) is 87.9 Å². The lowest BCUT2D eigenvalue weighted by molar-refractivity contribution is -0.119. The molecule has 0 saturated carbocycles. The van der Waals surface area contributed by atoms with E-state index in [0.717, 1.165) is 5.56 Å². The molecule has 0 aliphatic rings. The van der Waals surface area contributed by atoms with Crippen LogP contribution in [0.4, 0.5) is 11.4 Å². The molecule has 0 aliphatic heterocycles. The Labute approximate surface area is 213 Å². The Hall–Kier alpha value is -3.13. The molecule has 176 valence electrons. The maximum absolute atomic E-state index is 12.4. The number of halogens is 2. The number of carbonyl (C=O) groups excluding carboxylic acids is 2. The van der Waals surface area contributed by atoms with Gasteiger partial charge in [0.05, 0.1) is 11.6 Å². The van der Waals surface area contributed by atoms with Crippen molar-refractivity contribution in [2.24, 2.45) is 0 Å². The molecule has 3 N–H and O–H groups in total. The van der Waals surface area contributed by atoms with Gasteiger partial charge in [0.1, 0.15) is 5.75 Å². The highest BCUT2D eigenvalue weighted by atomic mass is 35.5. The lowest BCUT2D eigenvalue weighted by atomic mass is 10.1. The molecule has 0 spiro atoms. The van der Waals surface area contributed by atoms with Crippen molar-refractivity contribution in [1.29, 1.82) is 0 Å². The number of benzene rings is 3.